The predicted molar refractivity (Wildman–Crippen MR) is 194 cm³/mol. The molecule has 12 heteroatoms. The van der Waals surface area contributed by atoms with Crippen molar-refractivity contribution < 1.29 is 47.5 Å². The summed E-state index contributed by atoms with van der Waals surface area (Å²) in [6, 6.07) is -1.52. The highest BCUT2D eigenvalue weighted by Crippen LogP contribution is 2.43. The van der Waals surface area contributed by atoms with Gasteiger partial charge in [0.1, 0.15) is 12.6 Å². The molecule has 0 aliphatic carbocycles. The standard InChI is InChI=1S/C37H70NO10P/c1-3-5-7-9-11-13-15-16-17-18-19-21-22-24-26-28-35(39)45-30-33(31-46-49(43,44)47-32-34(38)37(41)42)48-36(40)29-27-25-23-20-14-12-10-8-6-4-2/h22,24,33-34H,3-21,23,25-32,38H2,1-2H3,(H,41,42)(H,43,44)/b24-22+/t33-,34+/m0/s1. The van der Waals surface area contributed by atoms with E-state index in [4.69, 9.17) is 24.8 Å². The summed E-state index contributed by atoms with van der Waals surface area (Å²) >= 11 is 0. The molecule has 0 heterocycles. The Hall–Kier alpha value is -1.78. The summed E-state index contributed by atoms with van der Waals surface area (Å²) in [5.74, 6) is -2.43. The third-order valence-electron chi connectivity index (χ3n) is 8.28. The Balaban J connectivity index is 4.43. The Morgan fingerprint density at radius 2 is 1.06 bits per heavy atom. The average molecular weight is 720 g/mol. The fourth-order valence-electron chi connectivity index (χ4n) is 5.20. The van der Waals surface area contributed by atoms with Gasteiger partial charge in [-0.25, -0.2) is 4.57 Å². The molecule has 0 aromatic heterocycles. The number of hydrogen-bond acceptors (Lipinski definition) is 9. The van der Waals surface area contributed by atoms with Gasteiger partial charge in [-0.2, -0.15) is 0 Å². The van der Waals surface area contributed by atoms with Gasteiger partial charge in [0.05, 0.1) is 13.2 Å². The first-order chi connectivity index (χ1) is 23.6. The molecule has 49 heavy (non-hydrogen) atoms. The van der Waals surface area contributed by atoms with E-state index in [0.717, 1.165) is 32.1 Å². The lowest BCUT2D eigenvalue weighted by atomic mass is 10.1. The number of carbonyl (C=O) groups excluding carboxylic acids is 2. The van der Waals surface area contributed by atoms with Crippen LogP contribution in [0.15, 0.2) is 12.2 Å². The van der Waals surface area contributed by atoms with E-state index in [0.29, 0.717) is 12.8 Å². The zero-order chi connectivity index (χ0) is 36.4. The van der Waals surface area contributed by atoms with E-state index in [1.807, 2.05) is 6.08 Å². The van der Waals surface area contributed by atoms with E-state index in [2.05, 4.69) is 24.4 Å². The predicted octanol–water partition coefficient (Wildman–Crippen LogP) is 9.34. The van der Waals surface area contributed by atoms with E-state index < -0.39 is 51.1 Å². The quantitative estimate of drug-likeness (QED) is 0.0244. The summed E-state index contributed by atoms with van der Waals surface area (Å²) in [5.41, 5.74) is 5.31. The van der Waals surface area contributed by atoms with Gasteiger partial charge in [0.15, 0.2) is 6.10 Å². The molecule has 0 amide bonds. The number of phosphoric acid groups is 1. The van der Waals surface area contributed by atoms with Crippen LogP contribution in [0.1, 0.15) is 174 Å². The number of aliphatic carboxylic acids is 1. The Labute approximate surface area is 297 Å². The second-order valence-corrected chi connectivity index (χ2v) is 14.5. The smallest absolute Gasteiger partial charge is 0.472 e. The van der Waals surface area contributed by atoms with Crippen molar-refractivity contribution in [1.82, 2.24) is 0 Å². The van der Waals surface area contributed by atoms with Crippen LogP contribution in [0.2, 0.25) is 0 Å². The molecule has 4 N–H and O–H groups in total. The topological polar surface area (TPSA) is 172 Å². The molecule has 0 radical (unpaired) electrons. The highest BCUT2D eigenvalue weighted by molar-refractivity contribution is 7.47. The van der Waals surface area contributed by atoms with E-state index in [1.54, 1.807) is 0 Å². The van der Waals surface area contributed by atoms with Gasteiger partial charge in [0, 0.05) is 12.8 Å². The number of hydrogen-bond donors (Lipinski definition) is 3. The van der Waals surface area contributed by atoms with Crippen molar-refractivity contribution in [2.75, 3.05) is 19.8 Å². The maximum atomic E-state index is 12.5. The fraction of sp³-hybridized carbons (Fsp3) is 0.865. The SMILES string of the molecule is CCCCCCCCCCCCC/C=C/CCC(=O)OC[C@@H](COP(=O)(O)OC[C@@H](N)C(=O)O)OC(=O)CCCCCCCCCCCC. The van der Waals surface area contributed by atoms with Crippen molar-refractivity contribution in [2.45, 2.75) is 187 Å². The van der Waals surface area contributed by atoms with Crippen LogP contribution in [0.5, 0.6) is 0 Å². The van der Waals surface area contributed by atoms with Crippen LogP contribution in [-0.2, 0) is 37.5 Å². The monoisotopic (exact) mass is 719 g/mol. The Bertz CT molecular complexity index is 900. The summed E-state index contributed by atoms with van der Waals surface area (Å²) in [7, 11) is -4.71. The third-order valence-corrected chi connectivity index (χ3v) is 9.23. The zero-order valence-corrected chi connectivity index (χ0v) is 31.7. The molecule has 0 rings (SSSR count). The maximum Gasteiger partial charge on any atom is 0.472 e. The number of carbonyl (C=O) groups is 3. The van der Waals surface area contributed by atoms with Gasteiger partial charge in [-0.3, -0.25) is 23.4 Å². The summed E-state index contributed by atoms with van der Waals surface area (Å²) in [6.45, 7) is 2.74. The van der Waals surface area contributed by atoms with Gasteiger partial charge < -0.3 is 25.2 Å². The first-order valence-corrected chi connectivity index (χ1v) is 20.7. The van der Waals surface area contributed by atoms with Crippen molar-refractivity contribution in [2.24, 2.45) is 5.73 Å². The van der Waals surface area contributed by atoms with Crippen molar-refractivity contribution in [3.63, 3.8) is 0 Å². The molecule has 0 saturated heterocycles. The second kappa shape index (κ2) is 33.4. The van der Waals surface area contributed by atoms with Crippen LogP contribution in [0.25, 0.3) is 0 Å². The second-order valence-electron chi connectivity index (χ2n) is 13.1. The lowest BCUT2D eigenvalue weighted by Crippen LogP contribution is -2.34. The minimum Gasteiger partial charge on any atom is -0.480 e. The van der Waals surface area contributed by atoms with Gasteiger partial charge in [-0.15, -0.1) is 0 Å². The van der Waals surface area contributed by atoms with Crippen molar-refractivity contribution in [3.05, 3.63) is 12.2 Å². The molecule has 0 saturated carbocycles. The van der Waals surface area contributed by atoms with Crippen molar-refractivity contribution >= 4 is 25.7 Å². The van der Waals surface area contributed by atoms with Crippen molar-refractivity contribution in [1.29, 1.82) is 0 Å². The fourth-order valence-corrected chi connectivity index (χ4v) is 5.98. The summed E-state index contributed by atoms with van der Waals surface area (Å²) in [4.78, 5) is 45.6. The highest BCUT2D eigenvalue weighted by Gasteiger charge is 2.28. The molecule has 0 spiro atoms. The van der Waals surface area contributed by atoms with E-state index >= 15 is 0 Å². The minimum absolute atomic E-state index is 0.142. The molecule has 0 aromatic rings. The number of carboxylic acid groups (broad SMARTS) is 1. The van der Waals surface area contributed by atoms with Crippen LogP contribution in [0.3, 0.4) is 0 Å². The van der Waals surface area contributed by atoms with Crippen LogP contribution < -0.4 is 5.73 Å². The van der Waals surface area contributed by atoms with E-state index in [-0.39, 0.29) is 19.4 Å². The van der Waals surface area contributed by atoms with Crippen LogP contribution >= 0.6 is 7.82 Å². The first-order valence-electron chi connectivity index (χ1n) is 19.2. The van der Waals surface area contributed by atoms with Gasteiger partial charge in [0.25, 0.3) is 0 Å². The molecule has 0 aliphatic heterocycles. The number of ether oxygens (including phenoxy) is 2. The van der Waals surface area contributed by atoms with Crippen LogP contribution in [0.4, 0.5) is 0 Å². The number of unbranched alkanes of at least 4 members (excludes halogenated alkanes) is 20. The summed E-state index contributed by atoms with van der Waals surface area (Å²) in [6.07, 6.45) is 30.2. The molecule has 288 valence electrons. The van der Waals surface area contributed by atoms with Gasteiger partial charge in [0.2, 0.25) is 0 Å². The van der Waals surface area contributed by atoms with E-state index in [1.165, 1.54) is 103 Å². The lowest BCUT2D eigenvalue weighted by Gasteiger charge is -2.20. The molecule has 3 atom stereocenters. The van der Waals surface area contributed by atoms with Gasteiger partial charge >= 0.3 is 25.7 Å². The van der Waals surface area contributed by atoms with Gasteiger partial charge in [-0.05, 0) is 25.7 Å². The Morgan fingerprint density at radius 3 is 1.57 bits per heavy atom. The zero-order valence-electron chi connectivity index (χ0n) is 30.8. The Kier molecular flexibility index (Phi) is 32.2. The normalized spacial score (nSPS) is 14.0. The number of allylic oxidation sites excluding steroid dienone is 2. The first kappa shape index (κ1) is 47.2. The van der Waals surface area contributed by atoms with Crippen molar-refractivity contribution in [3.8, 4) is 0 Å². The molecule has 1 unspecified atom stereocenters. The number of carboxylic acids is 1. The summed E-state index contributed by atoms with van der Waals surface area (Å²) < 4.78 is 32.5. The highest BCUT2D eigenvalue weighted by atomic mass is 31.2. The van der Waals surface area contributed by atoms with Crippen LogP contribution in [-0.4, -0.2) is 59.9 Å². The molecule has 0 bridgehead atoms. The number of rotatable bonds is 36. The molecule has 0 fully saturated rings. The van der Waals surface area contributed by atoms with E-state index in [9.17, 15) is 23.8 Å². The largest absolute Gasteiger partial charge is 0.480 e. The molecule has 0 aliphatic rings. The molecule has 11 nitrogen and oxygen atoms in total. The Morgan fingerprint density at radius 1 is 0.612 bits per heavy atom. The summed E-state index contributed by atoms with van der Waals surface area (Å²) in [5, 5.41) is 8.84. The maximum absolute atomic E-state index is 12.5. The minimum atomic E-state index is -4.71. The molecular formula is C37H70NO10P. The number of nitrogens with two attached hydrogens (primary N) is 1. The number of esters is 2. The van der Waals surface area contributed by atoms with Crippen LogP contribution in [0, 0.1) is 0 Å². The lowest BCUT2D eigenvalue weighted by molar-refractivity contribution is -0.161. The molecular weight excluding hydrogens is 649 g/mol. The molecule has 0 aromatic carbocycles. The van der Waals surface area contributed by atoms with Gasteiger partial charge in [-0.1, -0.05) is 148 Å². The number of phosphoric ester groups is 1. The third kappa shape index (κ3) is 33.1. The average Bonchev–Trinajstić information content (AvgIpc) is 3.07.